The third-order valence-electron chi connectivity index (χ3n) is 3.67. The third kappa shape index (κ3) is 4.56. The molecule has 0 radical (unpaired) electrons. The summed E-state index contributed by atoms with van der Waals surface area (Å²) in [5, 5.41) is 3.17. The van der Waals surface area contributed by atoms with Gasteiger partial charge in [0, 0.05) is 71.3 Å². The maximum atomic E-state index is 11.9. The molecular formula is C15H26N6O. The molecule has 1 saturated heterocycles. The van der Waals surface area contributed by atoms with Crippen LogP contribution in [0.1, 0.15) is 18.9 Å². The summed E-state index contributed by atoms with van der Waals surface area (Å²) in [6, 6.07) is 0.0920. The predicted octanol–water partition coefficient (Wildman–Crippen LogP) is 1.10. The van der Waals surface area contributed by atoms with Gasteiger partial charge >= 0.3 is 6.03 Å². The van der Waals surface area contributed by atoms with E-state index in [1.165, 1.54) is 0 Å². The molecule has 2 heterocycles. The Morgan fingerprint density at radius 2 is 1.86 bits per heavy atom. The minimum Gasteiger partial charge on any atom is -0.354 e. The van der Waals surface area contributed by atoms with Gasteiger partial charge in [-0.2, -0.15) is 0 Å². The van der Waals surface area contributed by atoms with E-state index >= 15 is 0 Å². The van der Waals surface area contributed by atoms with Gasteiger partial charge in [0.1, 0.15) is 0 Å². The number of rotatable bonds is 5. The molecule has 1 aliphatic heterocycles. The molecule has 1 N–H and O–H groups in total. The van der Waals surface area contributed by atoms with Crippen LogP contribution < -0.4 is 5.32 Å². The summed E-state index contributed by atoms with van der Waals surface area (Å²) >= 11 is 0. The summed E-state index contributed by atoms with van der Waals surface area (Å²) < 4.78 is 0. The van der Waals surface area contributed by atoms with Crippen molar-refractivity contribution in [2.24, 2.45) is 0 Å². The molecule has 0 bridgehead atoms. The van der Waals surface area contributed by atoms with Crippen molar-refractivity contribution in [3.05, 3.63) is 18.0 Å². The second-order valence-corrected chi connectivity index (χ2v) is 5.78. The van der Waals surface area contributed by atoms with E-state index in [1.54, 1.807) is 19.0 Å². The second-order valence-electron chi connectivity index (χ2n) is 5.78. The molecule has 0 aliphatic carbocycles. The second kappa shape index (κ2) is 7.93. The van der Waals surface area contributed by atoms with E-state index in [-0.39, 0.29) is 6.03 Å². The molecule has 122 valence electrons. The molecule has 1 aromatic heterocycles. The number of nitrogens with zero attached hydrogens (tertiary/aromatic N) is 5. The van der Waals surface area contributed by atoms with Gasteiger partial charge in [0.15, 0.2) is 0 Å². The predicted molar refractivity (Wildman–Crippen MR) is 86.7 cm³/mol. The zero-order chi connectivity index (χ0) is 15.9. The molecule has 1 aromatic rings. The van der Waals surface area contributed by atoms with Gasteiger partial charge in [-0.25, -0.2) is 14.8 Å². The molecule has 7 nitrogen and oxygen atoms in total. The van der Waals surface area contributed by atoms with Crippen LogP contribution >= 0.6 is 0 Å². The van der Waals surface area contributed by atoms with Crippen molar-refractivity contribution < 1.29 is 4.79 Å². The highest BCUT2D eigenvalue weighted by Gasteiger charge is 2.22. The molecule has 0 saturated carbocycles. The fraction of sp³-hybridized carbons (Fsp3) is 0.667. The Balaban J connectivity index is 1.79. The van der Waals surface area contributed by atoms with Crippen molar-refractivity contribution in [1.82, 2.24) is 24.7 Å². The van der Waals surface area contributed by atoms with Gasteiger partial charge in [-0.1, -0.05) is 6.92 Å². The van der Waals surface area contributed by atoms with Crippen LogP contribution in [0.25, 0.3) is 0 Å². The molecule has 0 spiro atoms. The summed E-state index contributed by atoms with van der Waals surface area (Å²) in [5.74, 6) is 0.687. The first kappa shape index (κ1) is 16.5. The minimum atomic E-state index is 0.0920. The van der Waals surface area contributed by atoms with Crippen molar-refractivity contribution in [2.45, 2.75) is 19.9 Å². The number of anilines is 1. The summed E-state index contributed by atoms with van der Waals surface area (Å²) in [4.78, 5) is 26.4. The van der Waals surface area contributed by atoms with Crippen LogP contribution in [-0.2, 0) is 6.54 Å². The van der Waals surface area contributed by atoms with E-state index in [4.69, 9.17) is 0 Å². The largest absolute Gasteiger partial charge is 0.354 e. The Hall–Kier alpha value is -1.89. The lowest BCUT2D eigenvalue weighted by molar-refractivity contribution is 0.120. The van der Waals surface area contributed by atoms with E-state index < -0.39 is 0 Å². The monoisotopic (exact) mass is 306 g/mol. The van der Waals surface area contributed by atoms with Gasteiger partial charge in [0.05, 0.1) is 0 Å². The quantitative estimate of drug-likeness (QED) is 0.882. The molecule has 0 atom stereocenters. The van der Waals surface area contributed by atoms with Crippen LogP contribution in [-0.4, -0.2) is 77.5 Å². The maximum absolute atomic E-state index is 11.9. The lowest BCUT2D eigenvalue weighted by atomic mass is 10.2. The van der Waals surface area contributed by atoms with E-state index in [0.29, 0.717) is 5.95 Å². The Morgan fingerprint density at radius 1 is 1.23 bits per heavy atom. The van der Waals surface area contributed by atoms with Crippen molar-refractivity contribution in [3.63, 3.8) is 0 Å². The molecule has 1 fully saturated rings. The fourth-order valence-corrected chi connectivity index (χ4v) is 2.40. The molecule has 0 aromatic carbocycles. The van der Waals surface area contributed by atoms with Gasteiger partial charge < -0.3 is 15.1 Å². The molecule has 1 aliphatic rings. The number of carbonyl (C=O) groups is 1. The number of urea groups is 1. The first-order valence-electron chi connectivity index (χ1n) is 7.83. The van der Waals surface area contributed by atoms with Crippen molar-refractivity contribution in [2.75, 3.05) is 52.1 Å². The van der Waals surface area contributed by atoms with Crippen LogP contribution in [0.5, 0.6) is 0 Å². The number of amides is 2. The maximum Gasteiger partial charge on any atom is 0.319 e. The van der Waals surface area contributed by atoms with Gasteiger partial charge in [0.2, 0.25) is 5.95 Å². The van der Waals surface area contributed by atoms with Crippen molar-refractivity contribution in [3.8, 4) is 0 Å². The molecular weight excluding hydrogens is 280 g/mol. The number of nitrogens with one attached hydrogen (secondary N) is 1. The number of hydrogen-bond acceptors (Lipinski definition) is 5. The average molecular weight is 306 g/mol. The summed E-state index contributed by atoms with van der Waals surface area (Å²) in [5.41, 5.74) is 1.11. The van der Waals surface area contributed by atoms with Crippen LogP contribution in [0.4, 0.5) is 10.7 Å². The van der Waals surface area contributed by atoms with Gasteiger partial charge in [0.25, 0.3) is 0 Å². The minimum absolute atomic E-state index is 0.0920. The molecule has 22 heavy (non-hydrogen) atoms. The van der Waals surface area contributed by atoms with Gasteiger partial charge in [-0.3, -0.25) is 4.90 Å². The standard InChI is InChI=1S/C15H26N6O/c1-4-5-16-14-17-10-13(11-18-14)12-20-6-8-21(9-7-20)15(22)19(2)3/h10-11H,4-9,12H2,1-3H3,(H,16,17,18). The van der Waals surface area contributed by atoms with E-state index in [0.717, 1.165) is 51.3 Å². The van der Waals surface area contributed by atoms with Crippen LogP contribution in [0.3, 0.4) is 0 Å². The van der Waals surface area contributed by atoms with Crippen LogP contribution in [0, 0.1) is 0 Å². The SMILES string of the molecule is CCCNc1ncc(CN2CCN(C(=O)N(C)C)CC2)cn1. The molecule has 2 rings (SSSR count). The Labute approximate surface area is 132 Å². The Kier molecular flexibility index (Phi) is 5.94. The van der Waals surface area contributed by atoms with Crippen molar-refractivity contribution in [1.29, 1.82) is 0 Å². The number of carbonyl (C=O) groups excluding carboxylic acids is 1. The summed E-state index contributed by atoms with van der Waals surface area (Å²) in [6.45, 7) is 7.15. The highest BCUT2D eigenvalue weighted by molar-refractivity contribution is 5.73. The summed E-state index contributed by atoms with van der Waals surface area (Å²) in [7, 11) is 3.58. The average Bonchev–Trinajstić information content (AvgIpc) is 2.54. The van der Waals surface area contributed by atoms with Crippen molar-refractivity contribution >= 4 is 12.0 Å². The topological polar surface area (TPSA) is 64.6 Å². The lowest BCUT2D eigenvalue weighted by Gasteiger charge is -2.35. The highest BCUT2D eigenvalue weighted by atomic mass is 16.2. The Bertz CT molecular complexity index is 467. The number of hydrogen-bond donors (Lipinski definition) is 1. The van der Waals surface area contributed by atoms with E-state index in [2.05, 4.69) is 27.1 Å². The molecule has 7 heteroatoms. The van der Waals surface area contributed by atoms with Gasteiger partial charge in [-0.15, -0.1) is 0 Å². The first-order chi connectivity index (χ1) is 10.6. The number of aromatic nitrogens is 2. The molecule has 2 amide bonds. The lowest BCUT2D eigenvalue weighted by Crippen LogP contribution is -2.51. The van der Waals surface area contributed by atoms with E-state index in [1.807, 2.05) is 17.3 Å². The third-order valence-corrected chi connectivity index (χ3v) is 3.67. The van der Waals surface area contributed by atoms with E-state index in [9.17, 15) is 4.79 Å². The van der Waals surface area contributed by atoms with Crippen LogP contribution in [0.2, 0.25) is 0 Å². The van der Waals surface area contributed by atoms with Crippen LogP contribution in [0.15, 0.2) is 12.4 Å². The first-order valence-corrected chi connectivity index (χ1v) is 7.83. The van der Waals surface area contributed by atoms with Gasteiger partial charge in [-0.05, 0) is 6.42 Å². The smallest absolute Gasteiger partial charge is 0.319 e. The normalized spacial score (nSPS) is 15.7. The number of piperazine rings is 1. The fourth-order valence-electron chi connectivity index (χ4n) is 2.40. The summed E-state index contributed by atoms with van der Waals surface area (Å²) in [6.07, 6.45) is 4.81. The highest BCUT2D eigenvalue weighted by Crippen LogP contribution is 2.09. The Morgan fingerprint density at radius 3 is 2.41 bits per heavy atom. The zero-order valence-corrected chi connectivity index (χ0v) is 13.7. The molecule has 0 unspecified atom stereocenters. The zero-order valence-electron chi connectivity index (χ0n) is 13.7.